The molecule has 4 fully saturated rings. The molecule has 286 valence electrons. The molecule has 5 N–H and O–H groups in total. The first-order chi connectivity index (χ1) is 23.9. The Kier molecular flexibility index (Phi) is 12.9. The van der Waals surface area contributed by atoms with Crippen molar-refractivity contribution in [2.75, 3.05) is 26.2 Å². The molecule has 0 aromatic heterocycles. The highest BCUT2D eigenvalue weighted by atomic mass is 16.5. The zero-order chi connectivity index (χ0) is 37.7. The van der Waals surface area contributed by atoms with Gasteiger partial charge < -0.3 is 36.2 Å². The van der Waals surface area contributed by atoms with Crippen LogP contribution in [0.15, 0.2) is 12.7 Å². The zero-order valence-electron chi connectivity index (χ0n) is 31.8. The third-order valence-electron chi connectivity index (χ3n) is 11.8. The molecule has 13 nitrogen and oxygen atoms in total. The number of Topliss-reactive ketones (excluding diaryl/α,β-unsaturated/α-hetero) is 1. The van der Waals surface area contributed by atoms with E-state index in [1.54, 1.807) is 4.90 Å². The monoisotopic (exact) mass is 714 g/mol. The van der Waals surface area contributed by atoms with Crippen LogP contribution >= 0.6 is 0 Å². The van der Waals surface area contributed by atoms with Crippen LogP contribution in [0.25, 0.3) is 0 Å². The van der Waals surface area contributed by atoms with Gasteiger partial charge in [0.25, 0.3) is 5.91 Å². The summed E-state index contributed by atoms with van der Waals surface area (Å²) in [7, 11) is 0. The van der Waals surface area contributed by atoms with Crippen LogP contribution < -0.4 is 26.6 Å². The summed E-state index contributed by atoms with van der Waals surface area (Å²) in [5.41, 5.74) is -1.22. The van der Waals surface area contributed by atoms with Crippen molar-refractivity contribution in [3.05, 3.63) is 12.7 Å². The van der Waals surface area contributed by atoms with Gasteiger partial charge in [-0.15, -0.1) is 6.58 Å². The van der Waals surface area contributed by atoms with Crippen molar-refractivity contribution in [3.63, 3.8) is 0 Å². The van der Waals surface area contributed by atoms with Gasteiger partial charge in [-0.2, -0.15) is 0 Å². The van der Waals surface area contributed by atoms with E-state index in [1.807, 2.05) is 34.6 Å². The molecule has 4 aliphatic rings. The molecule has 13 heteroatoms. The summed E-state index contributed by atoms with van der Waals surface area (Å²) in [6.07, 6.45) is 8.29. The second-order valence-corrected chi connectivity index (χ2v) is 17.2. The van der Waals surface area contributed by atoms with E-state index < -0.39 is 64.7 Å². The number of amides is 6. The number of nitrogens with zero attached hydrogens (tertiary/aromatic N) is 1. The SMILES string of the molecule is C=CCNC(=O)C(=O)C(CCC)NC(=O)C1[C@@H]2[C@H](CN1C(=O)C(NC(=O)NC(COC(=O)NCC1CC1)C(C)(C)C)C1(C)CCCCC1)C2(C)C. The predicted octanol–water partition coefficient (Wildman–Crippen LogP) is 3.81. The van der Waals surface area contributed by atoms with Crippen LogP contribution in [0.3, 0.4) is 0 Å². The summed E-state index contributed by atoms with van der Waals surface area (Å²) in [5.74, 6) is -1.88. The largest absolute Gasteiger partial charge is 0.447 e. The molecular formula is C38H62N6O7. The number of ketones is 1. The molecule has 0 aromatic carbocycles. The average Bonchev–Trinajstić information content (AvgIpc) is 3.94. The Labute approximate surface area is 303 Å². The first-order valence-corrected chi connectivity index (χ1v) is 19.0. The summed E-state index contributed by atoms with van der Waals surface area (Å²) in [4.78, 5) is 82.3. The maximum atomic E-state index is 14.8. The number of carbonyl (C=O) groups excluding carboxylic acids is 6. The van der Waals surface area contributed by atoms with Gasteiger partial charge in [0, 0.05) is 19.6 Å². The zero-order valence-corrected chi connectivity index (χ0v) is 31.8. The summed E-state index contributed by atoms with van der Waals surface area (Å²) in [5, 5.41) is 14.1. The Morgan fingerprint density at radius 1 is 0.961 bits per heavy atom. The highest BCUT2D eigenvalue weighted by Crippen LogP contribution is 2.65. The van der Waals surface area contributed by atoms with E-state index in [1.165, 1.54) is 6.08 Å². The molecular weight excluding hydrogens is 652 g/mol. The number of fused-ring (bicyclic) bond motifs is 1. The Morgan fingerprint density at radius 3 is 2.22 bits per heavy atom. The van der Waals surface area contributed by atoms with Gasteiger partial charge in [0.1, 0.15) is 18.7 Å². The third-order valence-corrected chi connectivity index (χ3v) is 11.8. The lowest BCUT2D eigenvalue weighted by Crippen LogP contribution is -2.63. The second kappa shape index (κ2) is 16.4. The minimum atomic E-state index is -1.03. The maximum absolute atomic E-state index is 14.8. The van der Waals surface area contributed by atoms with E-state index in [4.69, 9.17) is 4.74 Å². The summed E-state index contributed by atoms with van der Waals surface area (Å²) >= 11 is 0. The topological polar surface area (TPSA) is 175 Å². The van der Waals surface area contributed by atoms with Gasteiger partial charge in [0.15, 0.2) is 0 Å². The highest BCUT2D eigenvalue weighted by Gasteiger charge is 2.70. The van der Waals surface area contributed by atoms with Crippen molar-refractivity contribution in [3.8, 4) is 0 Å². The molecule has 0 radical (unpaired) electrons. The molecule has 3 saturated carbocycles. The fraction of sp³-hybridized carbons (Fsp3) is 0.789. The number of rotatable bonds is 16. The van der Waals surface area contributed by atoms with E-state index in [0.717, 1.165) is 44.9 Å². The molecule has 0 spiro atoms. The molecule has 1 saturated heterocycles. The number of hydrogen-bond donors (Lipinski definition) is 5. The van der Waals surface area contributed by atoms with Crippen LogP contribution in [0, 0.1) is 34.0 Å². The van der Waals surface area contributed by atoms with Crippen LogP contribution in [-0.4, -0.2) is 90.9 Å². The predicted molar refractivity (Wildman–Crippen MR) is 193 cm³/mol. The van der Waals surface area contributed by atoms with Gasteiger partial charge in [0.05, 0.1) is 12.1 Å². The molecule has 6 amide bonds. The Balaban J connectivity index is 1.53. The fourth-order valence-corrected chi connectivity index (χ4v) is 7.98. The number of likely N-dealkylation sites (tertiary alicyclic amines) is 1. The quantitative estimate of drug-likeness (QED) is 0.119. The summed E-state index contributed by atoms with van der Waals surface area (Å²) < 4.78 is 5.49. The van der Waals surface area contributed by atoms with E-state index >= 15 is 0 Å². The molecule has 3 aliphatic carbocycles. The van der Waals surface area contributed by atoms with Crippen LogP contribution in [0.2, 0.25) is 0 Å². The van der Waals surface area contributed by atoms with Crippen molar-refractivity contribution in [2.24, 2.45) is 34.0 Å². The molecule has 4 unspecified atom stereocenters. The van der Waals surface area contributed by atoms with Crippen molar-refractivity contribution in [1.82, 2.24) is 31.5 Å². The van der Waals surface area contributed by atoms with E-state index in [9.17, 15) is 28.8 Å². The van der Waals surface area contributed by atoms with Crippen molar-refractivity contribution < 1.29 is 33.5 Å². The second-order valence-electron chi connectivity index (χ2n) is 17.2. The molecule has 4 rings (SSSR count). The number of carbonyl (C=O) groups is 6. The first-order valence-electron chi connectivity index (χ1n) is 19.0. The Morgan fingerprint density at radius 2 is 1.63 bits per heavy atom. The van der Waals surface area contributed by atoms with Crippen LogP contribution in [0.1, 0.15) is 106 Å². The smallest absolute Gasteiger partial charge is 0.407 e. The summed E-state index contributed by atoms with van der Waals surface area (Å²) in [6.45, 7) is 18.4. The van der Waals surface area contributed by atoms with Gasteiger partial charge >= 0.3 is 12.1 Å². The summed E-state index contributed by atoms with van der Waals surface area (Å²) in [6, 6.07) is -3.91. The highest BCUT2D eigenvalue weighted by molar-refractivity contribution is 6.38. The molecule has 1 heterocycles. The number of urea groups is 1. The number of hydrogen-bond acceptors (Lipinski definition) is 7. The number of alkyl carbamates (subject to hydrolysis) is 1. The Bertz CT molecular complexity index is 1330. The van der Waals surface area contributed by atoms with E-state index in [-0.39, 0.29) is 42.7 Å². The van der Waals surface area contributed by atoms with Crippen LogP contribution in [-0.2, 0) is 23.9 Å². The van der Waals surface area contributed by atoms with Gasteiger partial charge in [-0.3, -0.25) is 19.2 Å². The molecule has 0 bridgehead atoms. The minimum absolute atomic E-state index is 0.0423. The number of piperidine rings is 1. The molecule has 1 aliphatic heterocycles. The first kappa shape index (κ1) is 40.1. The normalized spacial score (nSPS) is 24.8. The van der Waals surface area contributed by atoms with Crippen LogP contribution in [0.5, 0.6) is 0 Å². The third kappa shape index (κ3) is 9.83. The lowest BCUT2D eigenvalue weighted by atomic mass is 9.70. The standard InChI is InChI=1S/C38H62N6O7/c1-9-14-25(29(45)32(47)39-19-10-2)41-31(46)28-27-24(37(27,6)7)21-44(28)33(48)30(38(8)17-12-11-13-18-38)43-34(49)42-26(36(3,4)5)22-51-35(50)40-20-23-15-16-23/h10,23-28,30H,2,9,11-22H2,1,3-8H3,(H,39,47)(H,40,50)(H,41,46)(H2,42,43,49)/t24-,25?,26?,27-,28?,30?/m0/s1. The average molecular weight is 715 g/mol. The van der Waals surface area contributed by atoms with Crippen molar-refractivity contribution >= 4 is 35.6 Å². The van der Waals surface area contributed by atoms with E-state index in [0.29, 0.717) is 25.4 Å². The van der Waals surface area contributed by atoms with Crippen LogP contribution in [0.4, 0.5) is 9.59 Å². The van der Waals surface area contributed by atoms with Crippen molar-refractivity contribution in [1.29, 1.82) is 0 Å². The number of ether oxygens (including phenoxy) is 1. The van der Waals surface area contributed by atoms with Gasteiger partial charge in [-0.1, -0.05) is 80.2 Å². The minimum Gasteiger partial charge on any atom is -0.447 e. The van der Waals surface area contributed by atoms with E-state index in [2.05, 4.69) is 47.0 Å². The maximum Gasteiger partial charge on any atom is 0.407 e. The number of nitrogens with one attached hydrogen (secondary N) is 5. The fourth-order valence-electron chi connectivity index (χ4n) is 7.98. The van der Waals surface area contributed by atoms with Gasteiger partial charge in [-0.05, 0) is 66.1 Å². The van der Waals surface area contributed by atoms with Gasteiger partial charge in [-0.25, -0.2) is 9.59 Å². The Hall–Kier alpha value is -3.64. The lowest BCUT2D eigenvalue weighted by molar-refractivity contribution is -0.146. The molecule has 51 heavy (non-hydrogen) atoms. The van der Waals surface area contributed by atoms with Gasteiger partial charge in [0.2, 0.25) is 17.6 Å². The lowest BCUT2D eigenvalue weighted by Gasteiger charge is -2.43. The van der Waals surface area contributed by atoms with Crippen molar-refractivity contribution in [2.45, 2.75) is 130 Å². The molecule has 6 atom stereocenters. The molecule has 0 aromatic rings.